The molecule has 0 bridgehead atoms. The smallest absolute Gasteiger partial charge is 0.256 e. The Bertz CT molecular complexity index is 1280. The molecule has 6 heteroatoms. The summed E-state index contributed by atoms with van der Waals surface area (Å²) in [6.07, 6.45) is 1.62. The number of amides is 1. The number of methoxy groups -OCH3 is 2. The predicted octanol–water partition coefficient (Wildman–Crippen LogP) is 5.89. The fraction of sp³-hybridized carbons (Fsp3) is 0.154. The average molecular weight is 428 g/mol. The molecule has 3 aromatic carbocycles. The van der Waals surface area contributed by atoms with Crippen LogP contribution >= 0.6 is 0 Å². The number of aromatic nitrogens is 1. The van der Waals surface area contributed by atoms with Crippen LogP contribution in [0.2, 0.25) is 0 Å². The summed E-state index contributed by atoms with van der Waals surface area (Å²) in [7, 11) is 3.18. The fourth-order valence-electron chi connectivity index (χ4n) is 3.54. The molecule has 1 aromatic heterocycles. The van der Waals surface area contributed by atoms with Crippen molar-refractivity contribution >= 4 is 11.6 Å². The van der Waals surface area contributed by atoms with Gasteiger partial charge in [0.2, 0.25) is 5.89 Å². The number of benzene rings is 3. The molecule has 0 aliphatic rings. The first-order valence-electron chi connectivity index (χ1n) is 10.2. The van der Waals surface area contributed by atoms with Gasteiger partial charge in [-0.05, 0) is 49.7 Å². The largest absolute Gasteiger partial charge is 0.497 e. The number of aryl methyl sites for hydroxylation is 2. The standard InChI is InChI=1S/C26H24N2O4/c1-16-9-12-22(17(2)13-16)28-25(29)19-7-5-6-8-20(19)26-27-15-24(32-26)21-11-10-18(30-3)14-23(21)31-4/h5-15H,1-4H3,(H,28,29). The van der Waals surface area contributed by atoms with Gasteiger partial charge in [-0.15, -0.1) is 0 Å². The van der Waals surface area contributed by atoms with E-state index >= 15 is 0 Å². The molecular formula is C26H24N2O4. The number of ether oxygens (including phenoxy) is 2. The van der Waals surface area contributed by atoms with Crippen molar-refractivity contribution in [2.45, 2.75) is 13.8 Å². The van der Waals surface area contributed by atoms with E-state index in [0.717, 1.165) is 22.4 Å². The Labute approximate surface area is 186 Å². The molecule has 0 aliphatic carbocycles. The van der Waals surface area contributed by atoms with Gasteiger partial charge < -0.3 is 19.2 Å². The van der Waals surface area contributed by atoms with Gasteiger partial charge >= 0.3 is 0 Å². The van der Waals surface area contributed by atoms with E-state index in [1.54, 1.807) is 32.5 Å². The SMILES string of the molecule is COc1ccc(-c2cnc(-c3ccccc3C(=O)Nc3ccc(C)cc3C)o2)c(OC)c1. The maximum atomic E-state index is 13.1. The van der Waals surface area contributed by atoms with Gasteiger partial charge in [0.25, 0.3) is 5.91 Å². The number of nitrogens with one attached hydrogen (secondary N) is 1. The molecule has 0 aliphatic heterocycles. The molecule has 1 heterocycles. The lowest BCUT2D eigenvalue weighted by atomic mass is 10.1. The predicted molar refractivity (Wildman–Crippen MR) is 124 cm³/mol. The summed E-state index contributed by atoms with van der Waals surface area (Å²) in [5, 5.41) is 2.99. The van der Waals surface area contributed by atoms with Crippen LogP contribution in [0.3, 0.4) is 0 Å². The number of hydrogen-bond acceptors (Lipinski definition) is 5. The molecule has 0 radical (unpaired) electrons. The third kappa shape index (κ3) is 4.21. The second-order valence-electron chi connectivity index (χ2n) is 7.41. The molecule has 0 fully saturated rings. The van der Waals surface area contributed by atoms with Crippen molar-refractivity contribution in [1.82, 2.24) is 4.98 Å². The van der Waals surface area contributed by atoms with Gasteiger partial charge in [-0.1, -0.05) is 29.8 Å². The molecule has 0 atom stereocenters. The topological polar surface area (TPSA) is 73.6 Å². The zero-order chi connectivity index (χ0) is 22.7. The Kier molecular flexibility index (Phi) is 5.94. The molecule has 0 unspecified atom stereocenters. The van der Waals surface area contributed by atoms with Gasteiger partial charge in [0.05, 0.1) is 31.5 Å². The number of carbonyl (C=O) groups excluding carboxylic acids is 1. The van der Waals surface area contributed by atoms with Crippen LogP contribution in [0.15, 0.2) is 71.3 Å². The van der Waals surface area contributed by atoms with Gasteiger partial charge in [0.1, 0.15) is 11.5 Å². The van der Waals surface area contributed by atoms with E-state index in [-0.39, 0.29) is 5.91 Å². The molecule has 0 saturated carbocycles. The summed E-state index contributed by atoms with van der Waals surface area (Å²) >= 11 is 0. The highest BCUT2D eigenvalue weighted by atomic mass is 16.5. The zero-order valence-corrected chi connectivity index (χ0v) is 18.4. The fourth-order valence-corrected chi connectivity index (χ4v) is 3.54. The highest BCUT2D eigenvalue weighted by Crippen LogP contribution is 2.36. The first kappa shape index (κ1) is 21.2. The molecular weight excluding hydrogens is 404 g/mol. The van der Waals surface area contributed by atoms with Crippen LogP contribution in [0.1, 0.15) is 21.5 Å². The van der Waals surface area contributed by atoms with Gasteiger partial charge in [-0.2, -0.15) is 0 Å². The van der Waals surface area contributed by atoms with E-state index in [2.05, 4.69) is 10.3 Å². The molecule has 1 amide bonds. The molecule has 4 aromatic rings. The van der Waals surface area contributed by atoms with Crippen molar-refractivity contribution in [3.8, 4) is 34.3 Å². The van der Waals surface area contributed by atoms with E-state index in [1.165, 1.54) is 0 Å². The molecule has 0 spiro atoms. The van der Waals surface area contributed by atoms with Crippen LogP contribution < -0.4 is 14.8 Å². The number of rotatable bonds is 6. The number of nitrogens with zero attached hydrogens (tertiary/aromatic N) is 1. The zero-order valence-electron chi connectivity index (χ0n) is 18.4. The number of carbonyl (C=O) groups is 1. The maximum Gasteiger partial charge on any atom is 0.256 e. The minimum atomic E-state index is -0.227. The van der Waals surface area contributed by atoms with E-state index in [0.29, 0.717) is 34.3 Å². The first-order chi connectivity index (χ1) is 15.5. The highest BCUT2D eigenvalue weighted by Gasteiger charge is 2.19. The Balaban J connectivity index is 1.67. The number of oxazole rings is 1. The lowest BCUT2D eigenvalue weighted by Gasteiger charge is -2.11. The van der Waals surface area contributed by atoms with Crippen LogP contribution in [-0.4, -0.2) is 25.1 Å². The molecule has 162 valence electrons. The number of hydrogen-bond donors (Lipinski definition) is 1. The molecule has 32 heavy (non-hydrogen) atoms. The van der Waals surface area contributed by atoms with Crippen molar-refractivity contribution in [2.75, 3.05) is 19.5 Å². The van der Waals surface area contributed by atoms with Crippen molar-refractivity contribution in [2.24, 2.45) is 0 Å². The van der Waals surface area contributed by atoms with E-state index in [9.17, 15) is 4.79 Å². The van der Waals surface area contributed by atoms with Gasteiger partial charge in [0.15, 0.2) is 5.76 Å². The Hall–Kier alpha value is -4.06. The molecule has 1 N–H and O–H groups in total. The quantitative estimate of drug-likeness (QED) is 0.414. The minimum Gasteiger partial charge on any atom is -0.497 e. The van der Waals surface area contributed by atoms with Gasteiger partial charge in [-0.25, -0.2) is 4.98 Å². The Morgan fingerprint density at radius 3 is 2.50 bits per heavy atom. The first-order valence-corrected chi connectivity index (χ1v) is 10.2. The van der Waals surface area contributed by atoms with Crippen molar-refractivity contribution in [3.05, 3.63) is 83.6 Å². The summed E-state index contributed by atoms with van der Waals surface area (Å²) in [6.45, 7) is 3.99. The monoisotopic (exact) mass is 428 g/mol. The van der Waals surface area contributed by atoms with Gasteiger partial charge in [-0.3, -0.25) is 4.79 Å². The Morgan fingerprint density at radius 2 is 1.75 bits per heavy atom. The van der Waals surface area contributed by atoms with Crippen molar-refractivity contribution < 1.29 is 18.7 Å². The second-order valence-corrected chi connectivity index (χ2v) is 7.41. The normalized spacial score (nSPS) is 10.6. The van der Waals surface area contributed by atoms with Crippen LogP contribution in [0, 0.1) is 13.8 Å². The summed E-state index contributed by atoms with van der Waals surface area (Å²) in [6, 6.07) is 18.6. The van der Waals surface area contributed by atoms with E-state index < -0.39 is 0 Å². The Morgan fingerprint density at radius 1 is 0.938 bits per heavy atom. The third-order valence-electron chi connectivity index (χ3n) is 5.21. The van der Waals surface area contributed by atoms with E-state index in [1.807, 2.05) is 62.4 Å². The summed E-state index contributed by atoms with van der Waals surface area (Å²) in [5.74, 6) is 1.94. The van der Waals surface area contributed by atoms with E-state index in [4.69, 9.17) is 13.9 Å². The van der Waals surface area contributed by atoms with Crippen LogP contribution in [-0.2, 0) is 0 Å². The third-order valence-corrected chi connectivity index (χ3v) is 5.21. The van der Waals surface area contributed by atoms with Crippen LogP contribution in [0.5, 0.6) is 11.5 Å². The summed E-state index contributed by atoms with van der Waals surface area (Å²) < 4.78 is 16.8. The lowest BCUT2D eigenvalue weighted by molar-refractivity contribution is 0.102. The molecule has 0 saturated heterocycles. The van der Waals surface area contributed by atoms with Crippen LogP contribution in [0.25, 0.3) is 22.8 Å². The second kappa shape index (κ2) is 8.98. The van der Waals surface area contributed by atoms with Crippen molar-refractivity contribution in [3.63, 3.8) is 0 Å². The van der Waals surface area contributed by atoms with Crippen LogP contribution in [0.4, 0.5) is 5.69 Å². The molecule has 4 rings (SSSR count). The minimum absolute atomic E-state index is 0.227. The number of anilines is 1. The highest BCUT2D eigenvalue weighted by molar-refractivity contribution is 6.08. The summed E-state index contributed by atoms with van der Waals surface area (Å²) in [4.78, 5) is 17.5. The van der Waals surface area contributed by atoms with Crippen molar-refractivity contribution in [1.29, 1.82) is 0 Å². The maximum absolute atomic E-state index is 13.1. The summed E-state index contributed by atoms with van der Waals surface area (Å²) in [5.41, 5.74) is 4.73. The molecule has 6 nitrogen and oxygen atoms in total. The van der Waals surface area contributed by atoms with Gasteiger partial charge in [0, 0.05) is 17.3 Å². The average Bonchev–Trinajstić information content (AvgIpc) is 3.30. The lowest BCUT2D eigenvalue weighted by Crippen LogP contribution is -2.14.